The Morgan fingerprint density at radius 3 is 2.96 bits per heavy atom. The summed E-state index contributed by atoms with van der Waals surface area (Å²) in [5.74, 6) is 0.623. The Balaban J connectivity index is 1.37. The van der Waals surface area contributed by atoms with Gasteiger partial charge in [-0.15, -0.1) is 0 Å². The first kappa shape index (κ1) is 17.5. The van der Waals surface area contributed by atoms with Crippen molar-refractivity contribution in [3.8, 4) is 5.75 Å². The predicted molar refractivity (Wildman–Crippen MR) is 102 cm³/mol. The van der Waals surface area contributed by atoms with Gasteiger partial charge in [0.15, 0.2) is 6.61 Å². The van der Waals surface area contributed by atoms with E-state index in [9.17, 15) is 4.79 Å². The molecule has 0 radical (unpaired) electrons. The lowest BCUT2D eigenvalue weighted by Crippen LogP contribution is -2.49. The van der Waals surface area contributed by atoms with Gasteiger partial charge in [-0.1, -0.05) is 11.6 Å². The highest BCUT2D eigenvalue weighted by Gasteiger charge is 2.31. The normalized spacial score (nSPS) is 21.3. The highest BCUT2D eigenvalue weighted by molar-refractivity contribution is 6.35. The number of hydrogen-bond donors (Lipinski definition) is 1. The van der Waals surface area contributed by atoms with Crippen molar-refractivity contribution in [1.82, 2.24) is 20.1 Å². The van der Waals surface area contributed by atoms with Gasteiger partial charge < -0.3 is 15.0 Å². The smallest absolute Gasteiger partial charge is 0.260 e. The van der Waals surface area contributed by atoms with E-state index >= 15 is 0 Å². The first-order valence-corrected chi connectivity index (χ1v) is 9.49. The van der Waals surface area contributed by atoms with E-state index in [1.54, 1.807) is 18.3 Å². The molecule has 1 N–H and O–H groups in total. The number of fused-ring (bicyclic) bond motifs is 1. The molecule has 3 heterocycles. The summed E-state index contributed by atoms with van der Waals surface area (Å²) in [5.41, 5.74) is 0.688. The van der Waals surface area contributed by atoms with Gasteiger partial charge in [-0.3, -0.25) is 14.7 Å². The van der Waals surface area contributed by atoms with Crippen molar-refractivity contribution in [2.45, 2.75) is 12.5 Å². The molecule has 26 heavy (non-hydrogen) atoms. The molecule has 2 aliphatic rings. The molecule has 0 spiro atoms. The summed E-state index contributed by atoms with van der Waals surface area (Å²) in [6.07, 6.45) is 2.74. The fourth-order valence-corrected chi connectivity index (χ4v) is 3.99. The summed E-state index contributed by atoms with van der Waals surface area (Å²) in [5, 5.41) is 4.83. The molecule has 6 nitrogen and oxygen atoms in total. The summed E-state index contributed by atoms with van der Waals surface area (Å²) in [6, 6.07) is 7.76. The number of amides is 1. The molecule has 4 rings (SSSR count). The summed E-state index contributed by atoms with van der Waals surface area (Å²) in [6.45, 7) is 5.81. The maximum atomic E-state index is 12.6. The number of carbonyl (C=O) groups is 1. The van der Waals surface area contributed by atoms with Crippen molar-refractivity contribution < 1.29 is 9.53 Å². The van der Waals surface area contributed by atoms with Crippen molar-refractivity contribution in [3.05, 3.63) is 35.5 Å². The first-order chi connectivity index (χ1) is 12.7. The molecule has 1 unspecified atom stereocenters. The molecule has 2 saturated heterocycles. The van der Waals surface area contributed by atoms with Crippen LogP contribution in [0.2, 0.25) is 5.02 Å². The van der Waals surface area contributed by atoms with E-state index in [4.69, 9.17) is 16.3 Å². The minimum absolute atomic E-state index is 0.0293. The quantitative estimate of drug-likeness (QED) is 0.884. The Bertz CT molecular complexity index is 794. The average Bonchev–Trinajstić information content (AvgIpc) is 3.19. The van der Waals surface area contributed by atoms with E-state index in [-0.39, 0.29) is 12.5 Å². The molecule has 0 saturated carbocycles. The molecular formula is C19H23ClN4O2. The maximum Gasteiger partial charge on any atom is 0.260 e. The van der Waals surface area contributed by atoms with Crippen LogP contribution in [-0.2, 0) is 4.79 Å². The van der Waals surface area contributed by atoms with Crippen molar-refractivity contribution in [1.29, 1.82) is 0 Å². The fraction of sp³-hybridized carbons (Fsp3) is 0.474. The van der Waals surface area contributed by atoms with Crippen LogP contribution in [-0.4, -0.2) is 72.6 Å². The molecule has 2 aromatic rings. The lowest BCUT2D eigenvalue weighted by atomic mass is 10.2. The topological polar surface area (TPSA) is 57.7 Å². The van der Waals surface area contributed by atoms with Crippen LogP contribution in [0.25, 0.3) is 10.9 Å². The number of pyridine rings is 1. The van der Waals surface area contributed by atoms with E-state index in [0.717, 1.165) is 51.1 Å². The SMILES string of the molecule is O=C(COc1ccc(Cl)c2cccnc12)N1CCC(N2CCNCC2)C1. The molecule has 7 heteroatoms. The molecule has 0 bridgehead atoms. The van der Waals surface area contributed by atoms with E-state index < -0.39 is 0 Å². The Labute approximate surface area is 158 Å². The van der Waals surface area contributed by atoms with Crippen molar-refractivity contribution in [2.75, 3.05) is 45.9 Å². The molecule has 1 amide bonds. The minimum Gasteiger partial charge on any atom is -0.481 e. The van der Waals surface area contributed by atoms with E-state index in [0.29, 0.717) is 22.3 Å². The number of benzene rings is 1. The number of rotatable bonds is 4. The Hall–Kier alpha value is -1.89. The van der Waals surface area contributed by atoms with Crippen LogP contribution >= 0.6 is 11.6 Å². The summed E-state index contributed by atoms with van der Waals surface area (Å²) >= 11 is 6.21. The van der Waals surface area contributed by atoms with Crippen molar-refractivity contribution >= 4 is 28.4 Å². The Kier molecular flexibility index (Phi) is 5.24. The highest BCUT2D eigenvalue weighted by Crippen LogP contribution is 2.29. The van der Waals surface area contributed by atoms with Gasteiger partial charge in [0.2, 0.25) is 0 Å². The van der Waals surface area contributed by atoms with E-state index in [2.05, 4.69) is 15.2 Å². The largest absolute Gasteiger partial charge is 0.481 e. The summed E-state index contributed by atoms with van der Waals surface area (Å²) in [4.78, 5) is 21.3. The zero-order chi connectivity index (χ0) is 17.9. The standard InChI is InChI=1S/C19H23ClN4O2/c20-16-3-4-17(19-15(16)2-1-6-22-19)26-13-18(25)24-9-5-14(12-24)23-10-7-21-8-11-23/h1-4,6,14,21H,5,7-13H2. The first-order valence-electron chi connectivity index (χ1n) is 9.11. The second-order valence-electron chi connectivity index (χ2n) is 6.80. The number of hydrogen-bond acceptors (Lipinski definition) is 5. The molecule has 2 fully saturated rings. The fourth-order valence-electron chi connectivity index (χ4n) is 3.77. The van der Waals surface area contributed by atoms with E-state index in [1.807, 2.05) is 17.0 Å². The number of halogens is 1. The number of ether oxygens (including phenoxy) is 1. The number of likely N-dealkylation sites (tertiary alicyclic amines) is 1. The second-order valence-corrected chi connectivity index (χ2v) is 7.21. The van der Waals surface area contributed by atoms with Gasteiger partial charge in [-0.2, -0.15) is 0 Å². The molecule has 0 aliphatic carbocycles. The van der Waals surface area contributed by atoms with Gasteiger partial charge in [-0.05, 0) is 30.7 Å². The predicted octanol–water partition coefficient (Wildman–Crippen LogP) is 1.77. The van der Waals surface area contributed by atoms with Gasteiger partial charge in [-0.25, -0.2) is 0 Å². The number of nitrogens with one attached hydrogen (secondary N) is 1. The van der Waals surface area contributed by atoms with Crippen molar-refractivity contribution in [3.63, 3.8) is 0 Å². The molecule has 1 atom stereocenters. The van der Waals surface area contributed by atoms with Crippen LogP contribution in [0, 0.1) is 0 Å². The number of carbonyl (C=O) groups excluding carboxylic acids is 1. The van der Waals surface area contributed by atoms with Gasteiger partial charge in [0.05, 0.1) is 5.02 Å². The molecule has 1 aromatic carbocycles. The minimum atomic E-state index is 0.0293. The van der Waals surface area contributed by atoms with Gasteiger partial charge in [0.25, 0.3) is 5.91 Å². The lowest BCUT2D eigenvalue weighted by Gasteiger charge is -2.32. The summed E-state index contributed by atoms with van der Waals surface area (Å²) < 4.78 is 5.79. The van der Waals surface area contributed by atoms with Crippen LogP contribution in [0.1, 0.15) is 6.42 Å². The van der Waals surface area contributed by atoms with Crippen molar-refractivity contribution in [2.24, 2.45) is 0 Å². The monoisotopic (exact) mass is 374 g/mol. The number of nitrogens with zero attached hydrogens (tertiary/aromatic N) is 3. The third kappa shape index (κ3) is 3.63. The van der Waals surface area contributed by atoms with Gasteiger partial charge in [0.1, 0.15) is 11.3 Å². The molecule has 1 aromatic heterocycles. The molecule has 138 valence electrons. The zero-order valence-corrected chi connectivity index (χ0v) is 15.4. The maximum absolute atomic E-state index is 12.6. The van der Waals surface area contributed by atoms with Crippen LogP contribution in [0.5, 0.6) is 5.75 Å². The molecule has 2 aliphatic heterocycles. The van der Waals surface area contributed by atoms with Gasteiger partial charge in [0, 0.05) is 56.9 Å². The van der Waals surface area contributed by atoms with Gasteiger partial charge >= 0.3 is 0 Å². The van der Waals surface area contributed by atoms with Crippen LogP contribution in [0.3, 0.4) is 0 Å². The van der Waals surface area contributed by atoms with E-state index in [1.165, 1.54) is 0 Å². The average molecular weight is 375 g/mol. The van der Waals surface area contributed by atoms with Crippen LogP contribution in [0.15, 0.2) is 30.5 Å². The second kappa shape index (κ2) is 7.78. The van der Waals surface area contributed by atoms with Crippen LogP contribution < -0.4 is 10.1 Å². The number of aromatic nitrogens is 1. The third-order valence-electron chi connectivity index (χ3n) is 5.21. The Morgan fingerprint density at radius 2 is 2.12 bits per heavy atom. The Morgan fingerprint density at radius 1 is 1.27 bits per heavy atom. The molecular weight excluding hydrogens is 352 g/mol. The highest BCUT2D eigenvalue weighted by atomic mass is 35.5. The third-order valence-corrected chi connectivity index (χ3v) is 5.54. The summed E-state index contributed by atoms with van der Waals surface area (Å²) in [7, 11) is 0. The zero-order valence-electron chi connectivity index (χ0n) is 14.7. The number of piperazine rings is 1. The lowest BCUT2D eigenvalue weighted by molar-refractivity contribution is -0.132. The van der Waals surface area contributed by atoms with Crippen LogP contribution in [0.4, 0.5) is 0 Å².